The Bertz CT molecular complexity index is 592. The van der Waals surface area contributed by atoms with Gasteiger partial charge in [-0.1, -0.05) is 6.07 Å². The van der Waals surface area contributed by atoms with Gasteiger partial charge in [0.25, 0.3) is 0 Å². The molecule has 3 rings (SSSR count). The summed E-state index contributed by atoms with van der Waals surface area (Å²) in [5.41, 5.74) is 0. The van der Waals surface area contributed by atoms with Gasteiger partial charge in [0.2, 0.25) is 5.88 Å². The Hall–Kier alpha value is -2.37. The lowest BCUT2D eigenvalue weighted by atomic mass is 10.1. The van der Waals surface area contributed by atoms with E-state index in [4.69, 9.17) is 4.74 Å². The molecule has 22 heavy (non-hydrogen) atoms. The van der Waals surface area contributed by atoms with E-state index in [0.717, 1.165) is 37.7 Å². The molecule has 0 saturated carbocycles. The van der Waals surface area contributed by atoms with Gasteiger partial charge in [-0.25, -0.2) is 15.0 Å². The molecule has 6 heteroatoms. The second kappa shape index (κ2) is 7.06. The molecule has 1 atom stereocenters. The summed E-state index contributed by atoms with van der Waals surface area (Å²) in [7, 11) is 0. The zero-order valence-corrected chi connectivity index (χ0v) is 12.8. The number of nitrogens with zero attached hydrogens (tertiary/aromatic N) is 4. The Balaban J connectivity index is 1.54. The van der Waals surface area contributed by atoms with Gasteiger partial charge >= 0.3 is 0 Å². The lowest BCUT2D eigenvalue weighted by Crippen LogP contribution is -2.23. The zero-order chi connectivity index (χ0) is 15.2. The Labute approximate surface area is 130 Å². The summed E-state index contributed by atoms with van der Waals surface area (Å²) in [5, 5.41) is 3.40. The van der Waals surface area contributed by atoms with E-state index >= 15 is 0 Å². The highest BCUT2D eigenvalue weighted by atomic mass is 16.5. The molecule has 0 aliphatic carbocycles. The van der Waals surface area contributed by atoms with Gasteiger partial charge in [-0.2, -0.15) is 0 Å². The largest absolute Gasteiger partial charge is 0.478 e. The molecule has 1 aliphatic heterocycles. The van der Waals surface area contributed by atoms with Gasteiger partial charge in [0, 0.05) is 31.9 Å². The first-order valence-electron chi connectivity index (χ1n) is 7.70. The molecule has 3 heterocycles. The SMILES string of the molecule is CCOc1cc(N2CCC(CNc3ccccn3)C2)ncn1. The van der Waals surface area contributed by atoms with Crippen LogP contribution in [0.2, 0.25) is 0 Å². The van der Waals surface area contributed by atoms with Crippen LogP contribution in [0.5, 0.6) is 5.88 Å². The van der Waals surface area contributed by atoms with Gasteiger partial charge in [-0.05, 0) is 31.4 Å². The van der Waals surface area contributed by atoms with E-state index in [2.05, 4.69) is 25.2 Å². The fraction of sp³-hybridized carbons (Fsp3) is 0.438. The summed E-state index contributed by atoms with van der Waals surface area (Å²) in [6.07, 6.45) is 4.52. The number of pyridine rings is 1. The van der Waals surface area contributed by atoms with Crippen molar-refractivity contribution >= 4 is 11.6 Å². The first-order chi connectivity index (χ1) is 10.8. The third kappa shape index (κ3) is 3.63. The molecule has 2 aromatic rings. The summed E-state index contributed by atoms with van der Waals surface area (Å²) in [6, 6.07) is 7.82. The van der Waals surface area contributed by atoms with Crippen molar-refractivity contribution in [2.45, 2.75) is 13.3 Å². The number of hydrogen-bond donors (Lipinski definition) is 1. The van der Waals surface area contributed by atoms with Gasteiger partial charge in [0.05, 0.1) is 6.61 Å². The van der Waals surface area contributed by atoms with Crippen LogP contribution in [0, 0.1) is 5.92 Å². The van der Waals surface area contributed by atoms with E-state index in [-0.39, 0.29) is 0 Å². The summed E-state index contributed by atoms with van der Waals surface area (Å²) >= 11 is 0. The summed E-state index contributed by atoms with van der Waals surface area (Å²) in [4.78, 5) is 15.0. The maximum absolute atomic E-state index is 5.44. The molecule has 1 aliphatic rings. The Morgan fingerprint density at radius 1 is 1.32 bits per heavy atom. The highest BCUT2D eigenvalue weighted by Gasteiger charge is 2.23. The van der Waals surface area contributed by atoms with Crippen LogP contribution >= 0.6 is 0 Å². The summed E-state index contributed by atoms with van der Waals surface area (Å²) < 4.78 is 5.44. The molecular weight excluding hydrogens is 278 g/mol. The van der Waals surface area contributed by atoms with E-state index in [1.54, 1.807) is 12.5 Å². The number of hydrogen-bond acceptors (Lipinski definition) is 6. The third-order valence-electron chi connectivity index (χ3n) is 3.77. The van der Waals surface area contributed by atoms with Crippen molar-refractivity contribution in [3.05, 3.63) is 36.8 Å². The van der Waals surface area contributed by atoms with Crippen LogP contribution in [0.15, 0.2) is 36.8 Å². The van der Waals surface area contributed by atoms with Crippen molar-refractivity contribution in [1.82, 2.24) is 15.0 Å². The van der Waals surface area contributed by atoms with Crippen LogP contribution in [0.4, 0.5) is 11.6 Å². The molecule has 1 saturated heterocycles. The number of anilines is 2. The maximum atomic E-state index is 5.44. The fourth-order valence-corrected chi connectivity index (χ4v) is 2.65. The smallest absolute Gasteiger partial charge is 0.218 e. The molecule has 6 nitrogen and oxygen atoms in total. The van der Waals surface area contributed by atoms with Crippen LogP contribution < -0.4 is 15.0 Å². The van der Waals surface area contributed by atoms with Crippen LogP contribution in [0.3, 0.4) is 0 Å². The first-order valence-corrected chi connectivity index (χ1v) is 7.70. The van der Waals surface area contributed by atoms with Gasteiger partial charge in [0.15, 0.2) is 0 Å². The molecular formula is C16H21N5O. The van der Waals surface area contributed by atoms with Crippen molar-refractivity contribution in [2.24, 2.45) is 5.92 Å². The van der Waals surface area contributed by atoms with Crippen molar-refractivity contribution in [1.29, 1.82) is 0 Å². The van der Waals surface area contributed by atoms with E-state index in [0.29, 0.717) is 18.4 Å². The normalized spacial score (nSPS) is 17.5. The highest BCUT2D eigenvalue weighted by molar-refractivity contribution is 5.42. The molecule has 0 aromatic carbocycles. The minimum Gasteiger partial charge on any atom is -0.478 e. The predicted octanol–water partition coefficient (Wildman–Crippen LogP) is 2.21. The summed E-state index contributed by atoms with van der Waals surface area (Å²) in [5.74, 6) is 3.11. The van der Waals surface area contributed by atoms with E-state index in [1.807, 2.05) is 31.2 Å². The first kappa shape index (κ1) is 14.6. The Kier molecular flexibility index (Phi) is 4.68. The molecule has 0 bridgehead atoms. The minimum absolute atomic E-state index is 0.590. The average molecular weight is 299 g/mol. The van der Waals surface area contributed by atoms with Gasteiger partial charge in [-0.3, -0.25) is 0 Å². The summed E-state index contributed by atoms with van der Waals surface area (Å²) in [6.45, 7) is 5.50. The van der Waals surface area contributed by atoms with Crippen molar-refractivity contribution in [3.63, 3.8) is 0 Å². The minimum atomic E-state index is 0.590. The molecule has 116 valence electrons. The molecule has 1 unspecified atom stereocenters. The fourth-order valence-electron chi connectivity index (χ4n) is 2.65. The van der Waals surface area contributed by atoms with Crippen molar-refractivity contribution in [2.75, 3.05) is 36.5 Å². The zero-order valence-electron chi connectivity index (χ0n) is 12.8. The Morgan fingerprint density at radius 2 is 2.27 bits per heavy atom. The van der Waals surface area contributed by atoms with Crippen molar-refractivity contribution < 1.29 is 4.74 Å². The van der Waals surface area contributed by atoms with Gasteiger partial charge < -0.3 is 15.0 Å². The number of ether oxygens (including phenoxy) is 1. The van der Waals surface area contributed by atoms with Crippen LogP contribution in [-0.2, 0) is 0 Å². The second-order valence-corrected chi connectivity index (χ2v) is 5.34. The number of nitrogens with one attached hydrogen (secondary N) is 1. The van der Waals surface area contributed by atoms with E-state index in [1.165, 1.54) is 0 Å². The Morgan fingerprint density at radius 3 is 3.09 bits per heavy atom. The molecule has 2 aromatic heterocycles. The van der Waals surface area contributed by atoms with E-state index in [9.17, 15) is 0 Å². The van der Waals surface area contributed by atoms with Crippen LogP contribution in [0.25, 0.3) is 0 Å². The number of rotatable bonds is 6. The van der Waals surface area contributed by atoms with E-state index < -0.39 is 0 Å². The molecule has 0 amide bonds. The standard InChI is InChI=1S/C16H21N5O/c1-2-22-16-9-15(19-12-20-16)21-8-6-13(11-21)10-18-14-5-3-4-7-17-14/h3-5,7,9,12-13H,2,6,8,10-11H2,1H3,(H,17,18). The molecule has 0 radical (unpaired) electrons. The topological polar surface area (TPSA) is 63.2 Å². The second-order valence-electron chi connectivity index (χ2n) is 5.34. The molecule has 0 spiro atoms. The van der Waals surface area contributed by atoms with Crippen LogP contribution in [-0.4, -0.2) is 41.2 Å². The quantitative estimate of drug-likeness (QED) is 0.882. The molecule has 1 N–H and O–H groups in total. The lowest BCUT2D eigenvalue weighted by Gasteiger charge is -2.18. The number of aromatic nitrogens is 3. The van der Waals surface area contributed by atoms with Crippen molar-refractivity contribution in [3.8, 4) is 5.88 Å². The van der Waals surface area contributed by atoms with Gasteiger partial charge in [0.1, 0.15) is 18.0 Å². The monoisotopic (exact) mass is 299 g/mol. The molecule has 1 fully saturated rings. The van der Waals surface area contributed by atoms with Gasteiger partial charge in [-0.15, -0.1) is 0 Å². The third-order valence-corrected chi connectivity index (χ3v) is 3.77. The maximum Gasteiger partial charge on any atom is 0.218 e. The lowest BCUT2D eigenvalue weighted by molar-refractivity contribution is 0.326. The average Bonchev–Trinajstić information content (AvgIpc) is 3.04. The van der Waals surface area contributed by atoms with Crippen LogP contribution in [0.1, 0.15) is 13.3 Å². The predicted molar refractivity (Wildman–Crippen MR) is 86.2 cm³/mol. The highest BCUT2D eigenvalue weighted by Crippen LogP contribution is 2.24.